The van der Waals surface area contributed by atoms with Crippen LogP contribution in [-0.2, 0) is 6.42 Å². The summed E-state index contributed by atoms with van der Waals surface area (Å²) in [6, 6.07) is 16.3. The maximum atomic E-state index is 5.91. The van der Waals surface area contributed by atoms with Gasteiger partial charge in [0.2, 0.25) is 0 Å². The van der Waals surface area contributed by atoms with Crippen molar-refractivity contribution in [3.05, 3.63) is 70.7 Å². The third-order valence-corrected chi connectivity index (χ3v) is 4.82. The Bertz CT molecular complexity index is 799. The molecule has 1 heterocycles. The van der Waals surface area contributed by atoms with Crippen molar-refractivity contribution in [2.24, 2.45) is 0 Å². The van der Waals surface area contributed by atoms with Crippen LogP contribution in [0.25, 0.3) is 0 Å². The number of hydrogen-bond donors (Lipinski definition) is 1. The quantitative estimate of drug-likeness (QED) is 0.746. The van der Waals surface area contributed by atoms with Gasteiger partial charge in [0, 0.05) is 5.38 Å². The van der Waals surface area contributed by atoms with Crippen molar-refractivity contribution in [3.63, 3.8) is 0 Å². The van der Waals surface area contributed by atoms with Gasteiger partial charge in [-0.05, 0) is 35.7 Å². The lowest BCUT2D eigenvalue weighted by molar-refractivity contribution is -0.368. The van der Waals surface area contributed by atoms with Crippen LogP contribution in [0.2, 0.25) is 0 Å². The topological polar surface area (TPSA) is 58.6 Å². The predicted molar refractivity (Wildman–Crippen MR) is 96.8 cm³/mol. The third-order valence-electron chi connectivity index (χ3n) is 4.09. The minimum absolute atomic E-state index is 0.167. The van der Waals surface area contributed by atoms with Crippen molar-refractivity contribution in [1.29, 1.82) is 0 Å². The van der Waals surface area contributed by atoms with E-state index < -0.39 is 0 Å². The maximum absolute atomic E-state index is 5.91. The van der Waals surface area contributed by atoms with Crippen LogP contribution in [0.3, 0.4) is 0 Å². The number of H-pyrrole nitrogens is 1. The Hall–Kier alpha value is -2.53. The first-order chi connectivity index (χ1) is 11.7. The Kier molecular flexibility index (Phi) is 5.01. The summed E-state index contributed by atoms with van der Waals surface area (Å²) in [4.78, 5) is 3.29. The number of anilines is 1. The SMILES string of the molecule is COc1ccc(C(Cc2ccccc2OC)c2csc(N)[nH+]2)cc1. The number of aromatic nitrogens is 1. The number of para-hydroxylation sites is 1. The molecule has 0 amide bonds. The standard InChI is InChI=1S/C19H20N2O2S/c1-22-15-9-7-13(8-10-15)16(17-12-24-19(20)21-17)11-14-5-3-4-6-18(14)23-2/h3-10,12,16H,11H2,1-2H3,(H2,20,21)/p+1. The van der Waals surface area contributed by atoms with Crippen LogP contribution >= 0.6 is 11.3 Å². The Morgan fingerprint density at radius 2 is 1.79 bits per heavy atom. The zero-order valence-electron chi connectivity index (χ0n) is 13.8. The maximum Gasteiger partial charge on any atom is 0.329 e. The molecule has 0 saturated carbocycles. The zero-order chi connectivity index (χ0) is 16.9. The highest BCUT2D eigenvalue weighted by Crippen LogP contribution is 2.32. The first-order valence-corrected chi connectivity index (χ1v) is 8.61. The van der Waals surface area contributed by atoms with E-state index in [9.17, 15) is 0 Å². The monoisotopic (exact) mass is 341 g/mol. The Morgan fingerprint density at radius 3 is 2.42 bits per heavy atom. The van der Waals surface area contributed by atoms with E-state index in [2.05, 4.69) is 28.6 Å². The highest BCUT2D eigenvalue weighted by atomic mass is 32.1. The lowest BCUT2D eigenvalue weighted by atomic mass is 9.89. The summed E-state index contributed by atoms with van der Waals surface area (Å²) in [6.45, 7) is 0. The lowest BCUT2D eigenvalue weighted by Crippen LogP contribution is -2.17. The van der Waals surface area contributed by atoms with Gasteiger partial charge in [0.25, 0.3) is 0 Å². The number of thiazole rings is 1. The average Bonchev–Trinajstić information content (AvgIpc) is 3.06. The Labute approximate surface area is 145 Å². The molecule has 0 bridgehead atoms. The molecule has 0 radical (unpaired) electrons. The number of nitrogens with two attached hydrogens (primary N) is 1. The highest BCUT2D eigenvalue weighted by Gasteiger charge is 2.22. The summed E-state index contributed by atoms with van der Waals surface area (Å²) >= 11 is 1.52. The summed E-state index contributed by atoms with van der Waals surface area (Å²) in [5.74, 6) is 1.92. The van der Waals surface area contributed by atoms with Crippen LogP contribution in [-0.4, -0.2) is 14.2 Å². The van der Waals surface area contributed by atoms with Crippen LogP contribution in [0.1, 0.15) is 22.7 Å². The molecule has 3 aromatic rings. The molecule has 1 aromatic heterocycles. The number of hydrogen-bond acceptors (Lipinski definition) is 4. The van der Waals surface area contributed by atoms with Gasteiger partial charge in [-0.1, -0.05) is 41.7 Å². The van der Waals surface area contributed by atoms with Crippen LogP contribution in [0.4, 0.5) is 5.13 Å². The summed E-state index contributed by atoms with van der Waals surface area (Å²) in [5.41, 5.74) is 9.38. The number of aromatic amines is 1. The number of rotatable bonds is 6. The van der Waals surface area contributed by atoms with Gasteiger partial charge in [-0.2, -0.15) is 0 Å². The Balaban J connectivity index is 1.98. The molecule has 1 unspecified atom stereocenters. The summed E-state index contributed by atoms with van der Waals surface area (Å²) < 4.78 is 10.8. The fraction of sp³-hybridized carbons (Fsp3) is 0.211. The van der Waals surface area contributed by atoms with Gasteiger partial charge in [-0.25, -0.2) is 4.98 Å². The number of methoxy groups -OCH3 is 2. The molecule has 3 rings (SSSR count). The van der Waals surface area contributed by atoms with E-state index in [0.29, 0.717) is 5.13 Å². The predicted octanol–water partition coefficient (Wildman–Crippen LogP) is 3.54. The summed E-state index contributed by atoms with van der Waals surface area (Å²) in [6.07, 6.45) is 0.822. The molecule has 0 aliphatic rings. The van der Waals surface area contributed by atoms with E-state index in [1.54, 1.807) is 14.2 Å². The smallest absolute Gasteiger partial charge is 0.329 e. The van der Waals surface area contributed by atoms with Gasteiger partial charge >= 0.3 is 5.13 Å². The second-order valence-corrected chi connectivity index (χ2v) is 6.43. The van der Waals surface area contributed by atoms with Gasteiger partial charge in [0.15, 0.2) is 0 Å². The molecule has 24 heavy (non-hydrogen) atoms. The molecule has 4 nitrogen and oxygen atoms in total. The molecule has 1 atom stereocenters. The number of ether oxygens (including phenoxy) is 2. The molecule has 0 spiro atoms. The molecule has 0 aliphatic heterocycles. The molecule has 0 fully saturated rings. The van der Waals surface area contributed by atoms with Crippen molar-refractivity contribution in [2.75, 3.05) is 20.0 Å². The van der Waals surface area contributed by atoms with Gasteiger partial charge < -0.3 is 9.47 Å². The average molecular weight is 341 g/mol. The van der Waals surface area contributed by atoms with Crippen LogP contribution < -0.4 is 20.2 Å². The number of nitrogen functional groups attached to an aromatic ring is 1. The van der Waals surface area contributed by atoms with Crippen LogP contribution in [0.5, 0.6) is 11.5 Å². The first kappa shape index (κ1) is 16.3. The van der Waals surface area contributed by atoms with Crippen molar-refractivity contribution in [3.8, 4) is 11.5 Å². The number of benzene rings is 2. The van der Waals surface area contributed by atoms with E-state index in [0.717, 1.165) is 23.6 Å². The molecular weight excluding hydrogens is 320 g/mol. The van der Waals surface area contributed by atoms with Gasteiger partial charge in [0.1, 0.15) is 17.2 Å². The van der Waals surface area contributed by atoms with E-state index >= 15 is 0 Å². The third kappa shape index (κ3) is 3.51. The zero-order valence-corrected chi connectivity index (χ0v) is 14.6. The molecule has 5 heteroatoms. The highest BCUT2D eigenvalue weighted by molar-refractivity contribution is 7.13. The van der Waals surface area contributed by atoms with E-state index in [1.807, 2.05) is 30.3 Å². The normalized spacial score (nSPS) is 11.9. The van der Waals surface area contributed by atoms with Crippen molar-refractivity contribution < 1.29 is 14.5 Å². The van der Waals surface area contributed by atoms with Crippen molar-refractivity contribution in [1.82, 2.24) is 0 Å². The van der Waals surface area contributed by atoms with Crippen LogP contribution in [0.15, 0.2) is 53.9 Å². The van der Waals surface area contributed by atoms with Gasteiger partial charge in [0.05, 0.1) is 20.1 Å². The fourth-order valence-corrected chi connectivity index (χ4v) is 3.49. The van der Waals surface area contributed by atoms with E-state index in [-0.39, 0.29) is 5.92 Å². The minimum Gasteiger partial charge on any atom is -0.497 e. The molecule has 124 valence electrons. The number of nitrogens with one attached hydrogen (secondary N) is 1. The Morgan fingerprint density at radius 1 is 1.04 bits per heavy atom. The fourth-order valence-electron chi connectivity index (χ4n) is 2.83. The molecule has 2 aromatic carbocycles. The van der Waals surface area contributed by atoms with E-state index in [1.165, 1.54) is 22.5 Å². The molecule has 0 saturated heterocycles. The summed E-state index contributed by atoms with van der Waals surface area (Å²) in [7, 11) is 3.38. The second-order valence-electron chi connectivity index (χ2n) is 5.52. The minimum atomic E-state index is 0.167. The first-order valence-electron chi connectivity index (χ1n) is 7.73. The lowest BCUT2D eigenvalue weighted by Gasteiger charge is -2.16. The largest absolute Gasteiger partial charge is 0.497 e. The summed E-state index contributed by atoms with van der Waals surface area (Å²) in [5, 5.41) is 2.79. The van der Waals surface area contributed by atoms with Crippen LogP contribution in [0, 0.1) is 0 Å². The van der Waals surface area contributed by atoms with Crippen molar-refractivity contribution >= 4 is 16.5 Å². The molecular formula is C19H21N2O2S+. The second kappa shape index (κ2) is 7.36. The van der Waals surface area contributed by atoms with Gasteiger partial charge in [-0.15, -0.1) is 0 Å². The van der Waals surface area contributed by atoms with Gasteiger partial charge in [-0.3, -0.25) is 5.73 Å². The molecule has 0 aliphatic carbocycles. The van der Waals surface area contributed by atoms with E-state index in [4.69, 9.17) is 15.2 Å². The van der Waals surface area contributed by atoms with Crippen molar-refractivity contribution in [2.45, 2.75) is 12.3 Å². The molecule has 3 N–H and O–H groups in total.